The molecule has 0 bridgehead atoms. The van der Waals surface area contributed by atoms with Gasteiger partial charge in [0.25, 0.3) is 0 Å². The van der Waals surface area contributed by atoms with E-state index in [9.17, 15) is 0 Å². The van der Waals surface area contributed by atoms with Crippen LogP contribution in [0.4, 0.5) is 0 Å². The highest BCUT2D eigenvalue weighted by atomic mass is 14.6. The molecule has 4 aromatic carbocycles. The first-order valence-electron chi connectivity index (χ1n) is 10.1. The molecule has 0 radical (unpaired) electrons. The fraction of sp³-hybridized carbons (Fsp3) is 0.111. The molecule has 0 spiro atoms. The molecule has 0 aliphatic heterocycles. The second-order valence-electron chi connectivity index (χ2n) is 7.56. The third-order valence-corrected chi connectivity index (χ3v) is 6.23. The molecule has 1 aliphatic carbocycles. The van der Waals surface area contributed by atoms with Crippen LogP contribution in [0.1, 0.15) is 33.4 Å². The maximum absolute atomic E-state index is 6.24. The van der Waals surface area contributed by atoms with Gasteiger partial charge in [0.05, 0.1) is 5.41 Å². The molecule has 0 atom stereocenters. The fourth-order valence-corrected chi connectivity index (χ4v) is 5.09. The average molecular weight is 377 g/mol. The number of fused-ring (bicyclic) bond motifs is 3. The molecule has 0 saturated carbocycles. The number of rotatable bonds is 4. The summed E-state index contributed by atoms with van der Waals surface area (Å²) in [7, 11) is 0. The molecular weight excluding hydrogens is 352 g/mol. The summed E-state index contributed by atoms with van der Waals surface area (Å²) < 4.78 is 0. The van der Waals surface area contributed by atoms with Gasteiger partial charge in [-0.1, -0.05) is 97.1 Å². The summed E-state index contributed by atoms with van der Waals surface area (Å²) in [6.45, 7) is 0.986. The Hall–Kier alpha value is -3.20. The Balaban J connectivity index is 2.01. The van der Waals surface area contributed by atoms with Gasteiger partial charge in [0.1, 0.15) is 0 Å². The lowest BCUT2D eigenvalue weighted by Gasteiger charge is -2.36. The van der Waals surface area contributed by atoms with Crippen LogP contribution in [-0.2, 0) is 18.5 Å². The van der Waals surface area contributed by atoms with Crippen LogP contribution in [0.3, 0.4) is 0 Å². The molecule has 0 heterocycles. The van der Waals surface area contributed by atoms with Crippen LogP contribution in [-0.4, -0.2) is 0 Å². The molecule has 142 valence electrons. The van der Waals surface area contributed by atoms with Crippen molar-refractivity contribution >= 4 is 0 Å². The quantitative estimate of drug-likeness (QED) is 0.465. The monoisotopic (exact) mass is 376 g/mol. The zero-order chi connectivity index (χ0) is 19.8. The average Bonchev–Trinajstić information content (AvgIpc) is 3.10. The van der Waals surface area contributed by atoms with Crippen LogP contribution in [0.25, 0.3) is 11.1 Å². The lowest BCUT2D eigenvalue weighted by molar-refractivity contribution is 0.737. The van der Waals surface area contributed by atoms with Crippen molar-refractivity contribution in [3.8, 4) is 11.1 Å². The van der Waals surface area contributed by atoms with E-state index in [2.05, 4.69) is 97.1 Å². The summed E-state index contributed by atoms with van der Waals surface area (Å²) in [5, 5.41) is 0. The topological polar surface area (TPSA) is 52.0 Å². The van der Waals surface area contributed by atoms with E-state index < -0.39 is 5.41 Å². The summed E-state index contributed by atoms with van der Waals surface area (Å²) in [5.74, 6) is 0. The molecule has 29 heavy (non-hydrogen) atoms. The maximum atomic E-state index is 6.24. The predicted octanol–water partition coefficient (Wildman–Crippen LogP) is 4.97. The van der Waals surface area contributed by atoms with Gasteiger partial charge in [-0.15, -0.1) is 0 Å². The molecule has 5 rings (SSSR count). The van der Waals surface area contributed by atoms with Gasteiger partial charge in [0, 0.05) is 13.1 Å². The lowest BCUT2D eigenvalue weighted by atomic mass is 9.65. The minimum Gasteiger partial charge on any atom is -0.326 e. The molecule has 0 saturated heterocycles. The Morgan fingerprint density at radius 1 is 0.448 bits per heavy atom. The Labute approximate surface area is 171 Å². The number of benzene rings is 4. The number of nitrogens with two attached hydrogens (primary N) is 2. The van der Waals surface area contributed by atoms with E-state index in [-0.39, 0.29) is 0 Å². The van der Waals surface area contributed by atoms with Crippen LogP contribution in [0.2, 0.25) is 0 Å². The Morgan fingerprint density at radius 2 is 0.793 bits per heavy atom. The SMILES string of the molecule is NCc1ccccc1C1(c2ccccc2CN)c2ccccc2-c2ccccc21. The second kappa shape index (κ2) is 7.00. The molecule has 1 aliphatic rings. The summed E-state index contributed by atoms with van der Waals surface area (Å²) in [6.07, 6.45) is 0. The van der Waals surface area contributed by atoms with Crippen LogP contribution >= 0.6 is 0 Å². The van der Waals surface area contributed by atoms with Crippen molar-refractivity contribution in [1.82, 2.24) is 0 Å². The van der Waals surface area contributed by atoms with Gasteiger partial charge in [0.15, 0.2) is 0 Å². The predicted molar refractivity (Wildman–Crippen MR) is 120 cm³/mol. The van der Waals surface area contributed by atoms with Gasteiger partial charge in [-0.05, 0) is 44.5 Å². The molecule has 0 fully saturated rings. The molecule has 4 N–H and O–H groups in total. The Morgan fingerprint density at radius 3 is 1.21 bits per heavy atom. The van der Waals surface area contributed by atoms with E-state index in [1.54, 1.807) is 0 Å². The van der Waals surface area contributed by atoms with Crippen molar-refractivity contribution in [1.29, 1.82) is 0 Å². The second-order valence-corrected chi connectivity index (χ2v) is 7.56. The first-order valence-corrected chi connectivity index (χ1v) is 10.1. The van der Waals surface area contributed by atoms with Crippen molar-refractivity contribution < 1.29 is 0 Å². The molecule has 0 amide bonds. The Kier molecular flexibility index (Phi) is 4.31. The molecule has 2 nitrogen and oxygen atoms in total. The molecule has 2 heteroatoms. The molecule has 0 unspecified atom stereocenters. The van der Waals surface area contributed by atoms with Gasteiger partial charge >= 0.3 is 0 Å². The van der Waals surface area contributed by atoms with Gasteiger partial charge in [-0.2, -0.15) is 0 Å². The van der Waals surface area contributed by atoms with E-state index in [1.807, 2.05) is 0 Å². The van der Waals surface area contributed by atoms with Crippen molar-refractivity contribution in [3.63, 3.8) is 0 Å². The minimum atomic E-state index is -0.431. The van der Waals surface area contributed by atoms with Crippen LogP contribution in [0.15, 0.2) is 97.1 Å². The molecule has 0 aromatic heterocycles. The van der Waals surface area contributed by atoms with E-state index in [0.29, 0.717) is 13.1 Å². The van der Waals surface area contributed by atoms with Gasteiger partial charge in [0.2, 0.25) is 0 Å². The normalized spacial score (nSPS) is 13.7. The minimum absolute atomic E-state index is 0.431. The largest absolute Gasteiger partial charge is 0.326 e. The summed E-state index contributed by atoms with van der Waals surface area (Å²) >= 11 is 0. The van der Waals surface area contributed by atoms with Crippen molar-refractivity contribution in [2.24, 2.45) is 11.5 Å². The fourth-order valence-electron chi connectivity index (χ4n) is 5.09. The zero-order valence-electron chi connectivity index (χ0n) is 16.3. The van der Waals surface area contributed by atoms with Crippen molar-refractivity contribution in [2.75, 3.05) is 0 Å². The summed E-state index contributed by atoms with van der Waals surface area (Å²) in [5.41, 5.74) is 22.0. The van der Waals surface area contributed by atoms with E-state index >= 15 is 0 Å². The third-order valence-electron chi connectivity index (χ3n) is 6.23. The van der Waals surface area contributed by atoms with Crippen LogP contribution < -0.4 is 11.5 Å². The zero-order valence-corrected chi connectivity index (χ0v) is 16.3. The number of hydrogen-bond donors (Lipinski definition) is 2. The Bertz CT molecular complexity index is 1100. The first-order chi connectivity index (χ1) is 14.3. The first kappa shape index (κ1) is 17.9. The van der Waals surface area contributed by atoms with E-state index in [1.165, 1.54) is 33.4 Å². The smallest absolute Gasteiger partial charge is 0.0719 e. The highest BCUT2D eigenvalue weighted by molar-refractivity contribution is 5.86. The highest BCUT2D eigenvalue weighted by Gasteiger charge is 2.47. The van der Waals surface area contributed by atoms with Crippen LogP contribution in [0, 0.1) is 0 Å². The third kappa shape index (κ3) is 2.43. The highest BCUT2D eigenvalue weighted by Crippen LogP contribution is 2.57. The van der Waals surface area contributed by atoms with Gasteiger partial charge < -0.3 is 11.5 Å². The van der Waals surface area contributed by atoms with Gasteiger partial charge in [-0.3, -0.25) is 0 Å². The van der Waals surface area contributed by atoms with Gasteiger partial charge in [-0.25, -0.2) is 0 Å². The summed E-state index contributed by atoms with van der Waals surface area (Å²) in [4.78, 5) is 0. The van der Waals surface area contributed by atoms with E-state index in [0.717, 1.165) is 11.1 Å². The maximum Gasteiger partial charge on any atom is 0.0719 e. The molecular formula is C27H24N2. The van der Waals surface area contributed by atoms with Crippen molar-refractivity contribution in [2.45, 2.75) is 18.5 Å². The lowest BCUT2D eigenvalue weighted by Crippen LogP contribution is -2.32. The number of hydrogen-bond acceptors (Lipinski definition) is 2. The standard InChI is InChI=1S/C27H24N2/c28-17-19-9-1-5-13-23(19)27(24-14-6-2-10-20(24)18-29)25-15-7-3-11-21(25)22-12-4-8-16-26(22)27/h1-16H,17-18,28-29H2. The van der Waals surface area contributed by atoms with E-state index in [4.69, 9.17) is 11.5 Å². The van der Waals surface area contributed by atoms with Crippen molar-refractivity contribution in [3.05, 3.63) is 130 Å². The van der Waals surface area contributed by atoms with Crippen LogP contribution in [0.5, 0.6) is 0 Å². The molecule has 4 aromatic rings. The summed E-state index contributed by atoms with van der Waals surface area (Å²) in [6, 6.07) is 34.6.